The van der Waals surface area contributed by atoms with Crippen LogP contribution in [0.25, 0.3) is 0 Å². The SMILES string of the molecule is CON(C(=O)O)c1ccc(N)cc1. The number of anilines is 2. The Balaban J connectivity index is 2.92. The molecule has 0 aliphatic rings. The summed E-state index contributed by atoms with van der Waals surface area (Å²) in [6, 6.07) is 6.33. The lowest BCUT2D eigenvalue weighted by Gasteiger charge is -2.15. The molecule has 0 aliphatic carbocycles. The quantitative estimate of drug-likeness (QED) is 0.534. The molecule has 0 aromatic heterocycles. The summed E-state index contributed by atoms with van der Waals surface area (Å²) >= 11 is 0. The van der Waals surface area contributed by atoms with E-state index in [1.165, 1.54) is 7.11 Å². The summed E-state index contributed by atoms with van der Waals surface area (Å²) in [6.45, 7) is 0. The van der Waals surface area contributed by atoms with Crippen molar-refractivity contribution in [2.24, 2.45) is 0 Å². The summed E-state index contributed by atoms with van der Waals surface area (Å²) in [5.74, 6) is 0. The Morgan fingerprint density at radius 1 is 1.46 bits per heavy atom. The summed E-state index contributed by atoms with van der Waals surface area (Å²) in [4.78, 5) is 15.2. The highest BCUT2D eigenvalue weighted by molar-refractivity contribution is 5.83. The van der Waals surface area contributed by atoms with Crippen molar-refractivity contribution in [1.29, 1.82) is 0 Å². The predicted molar refractivity (Wildman–Crippen MR) is 48.4 cm³/mol. The molecular weight excluding hydrogens is 172 g/mol. The predicted octanol–water partition coefficient (Wildman–Crippen LogP) is 1.31. The first kappa shape index (κ1) is 9.34. The van der Waals surface area contributed by atoms with Crippen LogP contribution in [0.15, 0.2) is 24.3 Å². The van der Waals surface area contributed by atoms with Crippen molar-refractivity contribution in [1.82, 2.24) is 0 Å². The van der Waals surface area contributed by atoms with Crippen LogP contribution in [0, 0.1) is 0 Å². The van der Waals surface area contributed by atoms with Crippen molar-refractivity contribution in [2.45, 2.75) is 0 Å². The summed E-state index contributed by atoms with van der Waals surface area (Å²) in [7, 11) is 1.28. The molecule has 1 aromatic rings. The highest BCUT2D eigenvalue weighted by Gasteiger charge is 2.12. The third kappa shape index (κ3) is 2.09. The van der Waals surface area contributed by atoms with Gasteiger partial charge in [-0.3, -0.25) is 4.84 Å². The van der Waals surface area contributed by atoms with E-state index in [0.29, 0.717) is 11.4 Å². The molecule has 5 heteroatoms. The first-order chi connectivity index (χ1) is 6.15. The third-order valence-electron chi connectivity index (χ3n) is 1.48. The summed E-state index contributed by atoms with van der Waals surface area (Å²) < 4.78 is 0. The van der Waals surface area contributed by atoms with Crippen molar-refractivity contribution in [2.75, 3.05) is 17.9 Å². The van der Waals surface area contributed by atoms with Crippen LogP contribution < -0.4 is 10.8 Å². The zero-order valence-corrected chi connectivity index (χ0v) is 7.10. The van der Waals surface area contributed by atoms with Crippen LogP contribution in [-0.2, 0) is 4.84 Å². The van der Waals surface area contributed by atoms with Crippen LogP contribution in [0.3, 0.4) is 0 Å². The summed E-state index contributed by atoms with van der Waals surface area (Å²) in [5, 5.41) is 9.42. The number of hydrogen-bond donors (Lipinski definition) is 2. The molecule has 0 bridgehead atoms. The monoisotopic (exact) mass is 182 g/mol. The maximum absolute atomic E-state index is 10.6. The van der Waals surface area contributed by atoms with E-state index >= 15 is 0 Å². The molecule has 0 saturated carbocycles. The Labute approximate surface area is 75.3 Å². The molecule has 0 heterocycles. The Morgan fingerprint density at radius 3 is 2.38 bits per heavy atom. The molecule has 0 atom stereocenters. The van der Waals surface area contributed by atoms with Gasteiger partial charge in [0.1, 0.15) is 0 Å². The van der Waals surface area contributed by atoms with Crippen molar-refractivity contribution in [3.8, 4) is 0 Å². The van der Waals surface area contributed by atoms with Gasteiger partial charge >= 0.3 is 6.09 Å². The smallest absolute Gasteiger partial charge is 0.436 e. The van der Waals surface area contributed by atoms with E-state index in [0.717, 1.165) is 5.06 Å². The van der Waals surface area contributed by atoms with Gasteiger partial charge < -0.3 is 10.8 Å². The van der Waals surface area contributed by atoms with Gasteiger partial charge in [-0.2, -0.15) is 5.06 Å². The minimum atomic E-state index is -1.17. The minimum Gasteiger partial charge on any atom is -0.463 e. The van der Waals surface area contributed by atoms with E-state index in [-0.39, 0.29) is 0 Å². The maximum atomic E-state index is 10.6. The molecule has 0 saturated heterocycles. The van der Waals surface area contributed by atoms with Crippen LogP contribution >= 0.6 is 0 Å². The van der Waals surface area contributed by atoms with Gasteiger partial charge in [0.25, 0.3) is 0 Å². The fraction of sp³-hybridized carbons (Fsp3) is 0.125. The van der Waals surface area contributed by atoms with Crippen molar-refractivity contribution in [3.63, 3.8) is 0 Å². The van der Waals surface area contributed by atoms with E-state index in [9.17, 15) is 4.79 Å². The Hall–Kier alpha value is -1.75. The van der Waals surface area contributed by atoms with Gasteiger partial charge in [0.2, 0.25) is 0 Å². The number of carboxylic acid groups (broad SMARTS) is 1. The first-order valence-electron chi connectivity index (χ1n) is 3.58. The minimum absolute atomic E-state index is 0.421. The normalized spacial score (nSPS) is 9.62. The second-order valence-electron chi connectivity index (χ2n) is 2.35. The van der Waals surface area contributed by atoms with Gasteiger partial charge in [0, 0.05) is 5.69 Å². The molecule has 1 aromatic carbocycles. The summed E-state index contributed by atoms with van der Waals surface area (Å²) in [6.07, 6.45) is -1.17. The number of nitrogen functional groups attached to an aromatic ring is 1. The van der Waals surface area contributed by atoms with E-state index in [4.69, 9.17) is 10.8 Å². The van der Waals surface area contributed by atoms with Gasteiger partial charge in [-0.15, -0.1) is 0 Å². The number of nitrogens with two attached hydrogens (primary N) is 1. The van der Waals surface area contributed by atoms with E-state index in [1.54, 1.807) is 24.3 Å². The lowest BCUT2D eigenvalue weighted by molar-refractivity contribution is 0.130. The molecule has 5 nitrogen and oxygen atoms in total. The number of carbonyl (C=O) groups is 1. The van der Waals surface area contributed by atoms with E-state index in [2.05, 4.69) is 4.84 Å². The lowest BCUT2D eigenvalue weighted by atomic mass is 10.3. The van der Waals surface area contributed by atoms with Gasteiger partial charge in [0.05, 0.1) is 12.8 Å². The molecular formula is C8H10N2O3. The Morgan fingerprint density at radius 2 is 2.00 bits per heavy atom. The number of rotatable bonds is 2. The van der Waals surface area contributed by atoms with E-state index < -0.39 is 6.09 Å². The first-order valence-corrected chi connectivity index (χ1v) is 3.58. The Bertz CT molecular complexity index is 297. The molecule has 0 spiro atoms. The molecule has 13 heavy (non-hydrogen) atoms. The molecule has 70 valence electrons. The molecule has 1 amide bonds. The number of hydroxylamine groups is 1. The number of nitrogens with zero attached hydrogens (tertiary/aromatic N) is 1. The van der Waals surface area contributed by atoms with Crippen molar-refractivity contribution < 1.29 is 14.7 Å². The lowest BCUT2D eigenvalue weighted by Crippen LogP contribution is -2.27. The van der Waals surface area contributed by atoms with Crippen LogP contribution in [-0.4, -0.2) is 18.3 Å². The highest BCUT2D eigenvalue weighted by Crippen LogP contribution is 2.16. The highest BCUT2D eigenvalue weighted by atomic mass is 16.7. The fourth-order valence-electron chi connectivity index (χ4n) is 0.904. The van der Waals surface area contributed by atoms with E-state index in [1.807, 2.05) is 0 Å². The largest absolute Gasteiger partial charge is 0.463 e. The summed E-state index contributed by atoms with van der Waals surface area (Å²) in [5.41, 5.74) is 6.43. The van der Waals surface area contributed by atoms with Gasteiger partial charge in [-0.1, -0.05) is 0 Å². The Kier molecular flexibility index (Phi) is 2.71. The standard InChI is InChI=1S/C8H10N2O3/c1-13-10(8(11)12)7-4-2-6(9)3-5-7/h2-5H,9H2,1H3,(H,11,12). The molecule has 0 radical (unpaired) electrons. The zero-order valence-electron chi connectivity index (χ0n) is 7.10. The van der Waals surface area contributed by atoms with Crippen LogP contribution in [0.5, 0.6) is 0 Å². The average Bonchev–Trinajstić information content (AvgIpc) is 2.09. The molecule has 0 unspecified atom stereocenters. The second kappa shape index (κ2) is 3.77. The number of benzene rings is 1. The molecule has 0 fully saturated rings. The second-order valence-corrected chi connectivity index (χ2v) is 2.35. The zero-order chi connectivity index (χ0) is 9.84. The molecule has 0 aliphatic heterocycles. The van der Waals surface area contributed by atoms with Crippen molar-refractivity contribution >= 4 is 17.5 Å². The average molecular weight is 182 g/mol. The number of hydrogen-bond acceptors (Lipinski definition) is 3. The maximum Gasteiger partial charge on any atom is 0.436 e. The van der Waals surface area contributed by atoms with Crippen LogP contribution in [0.1, 0.15) is 0 Å². The molecule has 3 N–H and O–H groups in total. The third-order valence-corrected chi connectivity index (χ3v) is 1.48. The number of amides is 1. The van der Waals surface area contributed by atoms with Crippen LogP contribution in [0.4, 0.5) is 16.2 Å². The van der Waals surface area contributed by atoms with Gasteiger partial charge in [-0.25, -0.2) is 4.79 Å². The molecule has 1 rings (SSSR count). The van der Waals surface area contributed by atoms with Crippen molar-refractivity contribution in [3.05, 3.63) is 24.3 Å². The topological polar surface area (TPSA) is 75.8 Å². The van der Waals surface area contributed by atoms with Gasteiger partial charge in [-0.05, 0) is 24.3 Å². The fourth-order valence-corrected chi connectivity index (χ4v) is 0.904. The van der Waals surface area contributed by atoms with Gasteiger partial charge in [0.15, 0.2) is 0 Å². The van der Waals surface area contributed by atoms with Crippen LogP contribution in [0.2, 0.25) is 0 Å².